The lowest BCUT2D eigenvalue weighted by molar-refractivity contribution is -0.142. The number of hydrogen-bond donors (Lipinski definition) is 2. The minimum atomic E-state index is -1.04. The average Bonchev–Trinajstić information content (AvgIpc) is 3.15. The van der Waals surface area contributed by atoms with Gasteiger partial charge in [0, 0.05) is 6.42 Å². The number of fused-ring (bicyclic) bond motifs is 2. The number of hydrogen-bond acceptors (Lipinski definition) is 3. The van der Waals surface area contributed by atoms with Gasteiger partial charge in [0.15, 0.2) is 6.04 Å². The Morgan fingerprint density at radius 2 is 2.00 bits per heavy atom. The molecule has 0 aromatic heterocycles. The molecule has 2 bridgehead atoms. The number of carbonyl (C=O) groups excluding carboxylic acids is 1. The summed E-state index contributed by atoms with van der Waals surface area (Å²) in [5.41, 5.74) is 0.555. The van der Waals surface area contributed by atoms with Crippen LogP contribution in [0.2, 0.25) is 0 Å². The van der Waals surface area contributed by atoms with Crippen LogP contribution in [-0.2, 0) is 9.59 Å². The number of amides is 1. The van der Waals surface area contributed by atoms with Crippen molar-refractivity contribution in [2.45, 2.75) is 38.1 Å². The molecule has 0 radical (unpaired) electrons. The number of ether oxygens (including phenoxy) is 1. The van der Waals surface area contributed by atoms with Crippen LogP contribution >= 0.6 is 0 Å². The Labute approximate surface area is 136 Å². The monoisotopic (exact) mass is 317 g/mol. The van der Waals surface area contributed by atoms with Crippen molar-refractivity contribution in [2.75, 3.05) is 7.11 Å². The first-order valence-corrected chi connectivity index (χ1v) is 8.23. The third-order valence-corrected chi connectivity index (χ3v) is 5.33. The summed E-state index contributed by atoms with van der Waals surface area (Å²) in [4.78, 5) is 23.8. The van der Waals surface area contributed by atoms with Gasteiger partial charge in [-0.25, -0.2) is 4.79 Å². The second-order valence-corrected chi connectivity index (χ2v) is 6.75. The standard InChI is InChI=1S/C18H23NO4/c1-23-15-6-4-12(5-7-15)17(18(21)22)19-16(20)10-14-9-11-2-3-13(14)8-11/h4-7,11,13-14,17H,2-3,8-10H2,1H3,(H,19,20)(H,21,22). The van der Waals surface area contributed by atoms with E-state index in [4.69, 9.17) is 4.74 Å². The number of nitrogens with one attached hydrogen (secondary N) is 1. The van der Waals surface area contributed by atoms with E-state index >= 15 is 0 Å². The van der Waals surface area contributed by atoms with Crippen LogP contribution in [0.3, 0.4) is 0 Å². The van der Waals surface area contributed by atoms with Crippen molar-refractivity contribution in [1.82, 2.24) is 5.32 Å². The molecule has 2 N–H and O–H groups in total. The first kappa shape index (κ1) is 15.8. The van der Waals surface area contributed by atoms with E-state index in [0.717, 1.165) is 12.3 Å². The molecule has 4 atom stereocenters. The Kier molecular flexibility index (Phi) is 4.55. The Balaban J connectivity index is 1.62. The Hall–Kier alpha value is -2.04. The van der Waals surface area contributed by atoms with E-state index in [-0.39, 0.29) is 5.91 Å². The number of methoxy groups -OCH3 is 1. The molecule has 5 heteroatoms. The fraction of sp³-hybridized carbons (Fsp3) is 0.556. The highest BCUT2D eigenvalue weighted by atomic mass is 16.5. The minimum Gasteiger partial charge on any atom is -0.497 e. The minimum absolute atomic E-state index is 0.161. The summed E-state index contributed by atoms with van der Waals surface area (Å²) >= 11 is 0. The lowest BCUT2D eigenvalue weighted by atomic mass is 9.86. The van der Waals surface area contributed by atoms with E-state index in [1.165, 1.54) is 19.3 Å². The molecule has 124 valence electrons. The maximum atomic E-state index is 12.3. The van der Waals surface area contributed by atoms with Crippen molar-refractivity contribution in [3.63, 3.8) is 0 Å². The molecule has 3 rings (SSSR count). The Morgan fingerprint density at radius 1 is 1.26 bits per heavy atom. The summed E-state index contributed by atoms with van der Waals surface area (Å²) in [5, 5.41) is 12.1. The molecule has 2 fully saturated rings. The fourth-order valence-corrected chi connectivity index (χ4v) is 4.17. The number of carboxylic acid groups (broad SMARTS) is 1. The molecule has 23 heavy (non-hydrogen) atoms. The van der Waals surface area contributed by atoms with Gasteiger partial charge in [-0.2, -0.15) is 0 Å². The van der Waals surface area contributed by atoms with Crippen molar-refractivity contribution in [3.05, 3.63) is 29.8 Å². The van der Waals surface area contributed by atoms with Gasteiger partial charge in [-0.15, -0.1) is 0 Å². The van der Waals surface area contributed by atoms with Crippen LogP contribution in [-0.4, -0.2) is 24.1 Å². The highest BCUT2D eigenvalue weighted by Crippen LogP contribution is 2.49. The molecule has 1 aromatic carbocycles. The molecule has 5 nitrogen and oxygen atoms in total. The molecule has 2 saturated carbocycles. The van der Waals surface area contributed by atoms with Crippen LogP contribution in [0.4, 0.5) is 0 Å². The van der Waals surface area contributed by atoms with E-state index in [9.17, 15) is 14.7 Å². The Bertz CT molecular complexity index is 583. The van der Waals surface area contributed by atoms with Crippen LogP contribution in [0.15, 0.2) is 24.3 Å². The van der Waals surface area contributed by atoms with Gasteiger partial charge in [-0.05, 0) is 54.7 Å². The lowest BCUT2D eigenvalue weighted by Gasteiger charge is -2.22. The average molecular weight is 317 g/mol. The van der Waals surface area contributed by atoms with E-state index in [1.807, 2.05) is 0 Å². The van der Waals surface area contributed by atoms with Crippen molar-refractivity contribution in [3.8, 4) is 5.75 Å². The number of aliphatic carboxylic acids is 1. The van der Waals surface area contributed by atoms with Crippen LogP contribution < -0.4 is 10.1 Å². The number of carbonyl (C=O) groups is 2. The topological polar surface area (TPSA) is 75.6 Å². The van der Waals surface area contributed by atoms with Crippen molar-refractivity contribution < 1.29 is 19.4 Å². The highest BCUT2D eigenvalue weighted by molar-refractivity contribution is 5.84. The summed E-state index contributed by atoms with van der Waals surface area (Å²) in [6.07, 6.45) is 5.34. The summed E-state index contributed by atoms with van der Waals surface area (Å²) < 4.78 is 5.07. The molecule has 0 saturated heterocycles. The summed E-state index contributed by atoms with van der Waals surface area (Å²) in [6.45, 7) is 0. The molecule has 0 aliphatic heterocycles. The fourth-order valence-electron chi connectivity index (χ4n) is 4.17. The number of benzene rings is 1. The first-order chi connectivity index (χ1) is 11.1. The van der Waals surface area contributed by atoms with Gasteiger partial charge in [-0.3, -0.25) is 4.79 Å². The maximum Gasteiger partial charge on any atom is 0.330 e. The smallest absolute Gasteiger partial charge is 0.330 e. The number of rotatable bonds is 6. The van der Waals surface area contributed by atoms with Gasteiger partial charge < -0.3 is 15.2 Å². The van der Waals surface area contributed by atoms with Gasteiger partial charge in [0.05, 0.1) is 7.11 Å². The molecule has 4 unspecified atom stereocenters. The molecular weight excluding hydrogens is 294 g/mol. The molecule has 0 heterocycles. The quantitative estimate of drug-likeness (QED) is 0.846. The van der Waals surface area contributed by atoms with Crippen LogP contribution in [0, 0.1) is 17.8 Å². The maximum absolute atomic E-state index is 12.3. The molecule has 1 amide bonds. The van der Waals surface area contributed by atoms with E-state index in [0.29, 0.717) is 29.6 Å². The van der Waals surface area contributed by atoms with Gasteiger partial charge in [0.25, 0.3) is 0 Å². The second-order valence-electron chi connectivity index (χ2n) is 6.75. The number of carboxylic acids is 1. The predicted molar refractivity (Wildman–Crippen MR) is 85.1 cm³/mol. The zero-order valence-electron chi connectivity index (χ0n) is 13.3. The van der Waals surface area contributed by atoms with Crippen molar-refractivity contribution in [2.24, 2.45) is 17.8 Å². The van der Waals surface area contributed by atoms with Crippen molar-refractivity contribution >= 4 is 11.9 Å². The van der Waals surface area contributed by atoms with Crippen LogP contribution in [0.1, 0.15) is 43.7 Å². The van der Waals surface area contributed by atoms with Gasteiger partial charge >= 0.3 is 5.97 Å². The van der Waals surface area contributed by atoms with Crippen LogP contribution in [0.5, 0.6) is 5.75 Å². The van der Waals surface area contributed by atoms with Gasteiger partial charge in [0.2, 0.25) is 5.91 Å². The third-order valence-electron chi connectivity index (χ3n) is 5.33. The van der Waals surface area contributed by atoms with Crippen LogP contribution in [0.25, 0.3) is 0 Å². The first-order valence-electron chi connectivity index (χ1n) is 8.23. The Morgan fingerprint density at radius 3 is 2.52 bits per heavy atom. The van der Waals surface area contributed by atoms with Gasteiger partial charge in [-0.1, -0.05) is 18.6 Å². The van der Waals surface area contributed by atoms with Gasteiger partial charge in [0.1, 0.15) is 5.75 Å². The normalized spacial score (nSPS) is 26.7. The largest absolute Gasteiger partial charge is 0.497 e. The predicted octanol–water partition coefficient (Wildman–Crippen LogP) is 2.76. The van der Waals surface area contributed by atoms with E-state index in [2.05, 4.69) is 5.32 Å². The highest BCUT2D eigenvalue weighted by Gasteiger charge is 2.40. The molecule has 2 aliphatic carbocycles. The summed E-state index contributed by atoms with van der Waals surface area (Å²) in [7, 11) is 1.56. The lowest BCUT2D eigenvalue weighted by Crippen LogP contribution is -2.35. The van der Waals surface area contributed by atoms with Crippen molar-refractivity contribution in [1.29, 1.82) is 0 Å². The third kappa shape index (κ3) is 3.49. The zero-order valence-corrected chi connectivity index (χ0v) is 13.3. The zero-order chi connectivity index (χ0) is 16.4. The summed E-state index contributed by atoms with van der Waals surface area (Å²) in [6, 6.07) is 5.75. The molecular formula is C18H23NO4. The second kappa shape index (κ2) is 6.60. The SMILES string of the molecule is COc1ccc(C(NC(=O)CC2CC3CCC2C3)C(=O)O)cc1. The molecule has 2 aliphatic rings. The van der Waals surface area contributed by atoms with E-state index in [1.54, 1.807) is 31.4 Å². The van der Waals surface area contributed by atoms with E-state index < -0.39 is 12.0 Å². The molecule has 1 aromatic rings. The molecule has 0 spiro atoms. The summed E-state index contributed by atoms with van der Waals surface area (Å²) in [5.74, 6) is 1.33.